The van der Waals surface area contributed by atoms with Gasteiger partial charge >= 0.3 is 6.09 Å². The molecule has 0 radical (unpaired) electrons. The second-order valence-electron chi connectivity index (χ2n) is 9.88. The van der Waals surface area contributed by atoms with Crippen LogP contribution in [0.15, 0.2) is 24.3 Å². The van der Waals surface area contributed by atoms with Crippen LogP contribution in [0.1, 0.15) is 90.3 Å². The molecule has 3 amide bonds. The first kappa shape index (κ1) is 30.8. The van der Waals surface area contributed by atoms with Gasteiger partial charge in [-0.2, -0.15) is 12.6 Å². The average molecular weight is 508 g/mol. The van der Waals surface area contributed by atoms with Crippen molar-refractivity contribution in [2.45, 2.75) is 97.8 Å². The van der Waals surface area contributed by atoms with Gasteiger partial charge < -0.3 is 20.3 Å². The highest BCUT2D eigenvalue weighted by molar-refractivity contribution is 7.80. The predicted octanol–water partition coefficient (Wildman–Crippen LogP) is 5.18. The quantitative estimate of drug-likeness (QED) is 0.239. The Morgan fingerprint density at radius 2 is 1.69 bits per heavy atom. The molecule has 1 aromatic carbocycles. The lowest BCUT2D eigenvalue weighted by atomic mass is 9.97. The van der Waals surface area contributed by atoms with Crippen LogP contribution < -0.4 is 10.6 Å². The van der Waals surface area contributed by atoms with Crippen molar-refractivity contribution in [3.63, 3.8) is 0 Å². The van der Waals surface area contributed by atoms with Crippen LogP contribution in [0.3, 0.4) is 0 Å². The molecule has 0 spiro atoms. The molecular weight excluding hydrogens is 462 g/mol. The second-order valence-corrected chi connectivity index (χ2v) is 10.2. The van der Waals surface area contributed by atoms with Crippen LogP contribution in [-0.2, 0) is 14.3 Å². The van der Waals surface area contributed by atoms with Crippen molar-refractivity contribution in [2.24, 2.45) is 0 Å². The third-order valence-corrected chi connectivity index (χ3v) is 5.95. The molecule has 0 aromatic heterocycles. The van der Waals surface area contributed by atoms with Gasteiger partial charge in [-0.3, -0.25) is 9.59 Å². The minimum atomic E-state index is -0.922. The number of nitrogens with one attached hydrogen (secondary N) is 2. The smallest absolute Gasteiger partial charge is 0.408 e. The van der Waals surface area contributed by atoms with Crippen molar-refractivity contribution in [3.05, 3.63) is 35.4 Å². The molecule has 8 heteroatoms. The largest absolute Gasteiger partial charge is 0.444 e. The monoisotopic (exact) mass is 507 g/mol. The van der Waals surface area contributed by atoms with E-state index in [4.69, 9.17) is 4.74 Å². The maximum Gasteiger partial charge on any atom is 0.408 e. The topological polar surface area (TPSA) is 87.7 Å². The Hall–Kier alpha value is -2.22. The normalized spacial score (nSPS) is 13.0. The Kier molecular flexibility index (Phi) is 13.8. The third kappa shape index (κ3) is 10.9. The summed E-state index contributed by atoms with van der Waals surface area (Å²) < 4.78 is 5.36. The second kappa shape index (κ2) is 15.7. The van der Waals surface area contributed by atoms with E-state index in [1.807, 2.05) is 31.2 Å². The van der Waals surface area contributed by atoms with E-state index in [0.29, 0.717) is 13.1 Å². The van der Waals surface area contributed by atoms with Crippen LogP contribution in [0.25, 0.3) is 0 Å². The number of nitrogens with zero attached hydrogens (tertiary/aromatic N) is 1. The van der Waals surface area contributed by atoms with Gasteiger partial charge in [0.2, 0.25) is 11.8 Å². The molecule has 0 bridgehead atoms. The highest BCUT2D eigenvalue weighted by atomic mass is 32.1. The molecule has 198 valence electrons. The number of hydrogen-bond donors (Lipinski definition) is 3. The van der Waals surface area contributed by atoms with E-state index in [-0.39, 0.29) is 17.6 Å². The van der Waals surface area contributed by atoms with Crippen LogP contribution in [0, 0.1) is 6.92 Å². The van der Waals surface area contributed by atoms with E-state index in [1.54, 1.807) is 25.7 Å². The van der Waals surface area contributed by atoms with E-state index >= 15 is 0 Å². The summed E-state index contributed by atoms with van der Waals surface area (Å²) in [7, 11) is 0. The zero-order valence-corrected chi connectivity index (χ0v) is 23.2. The lowest BCUT2D eigenvalue weighted by Gasteiger charge is -2.35. The van der Waals surface area contributed by atoms with Crippen molar-refractivity contribution in [2.75, 3.05) is 18.8 Å². The van der Waals surface area contributed by atoms with Crippen LogP contribution in [-0.4, -0.2) is 53.3 Å². The van der Waals surface area contributed by atoms with Gasteiger partial charge in [0.15, 0.2) is 0 Å². The molecule has 0 aliphatic rings. The maximum absolute atomic E-state index is 13.8. The van der Waals surface area contributed by atoms with Gasteiger partial charge in [0, 0.05) is 18.8 Å². The Bertz CT molecular complexity index is 810. The molecule has 35 heavy (non-hydrogen) atoms. The zero-order chi connectivity index (χ0) is 26.4. The summed E-state index contributed by atoms with van der Waals surface area (Å²) in [5, 5.41) is 5.67. The van der Waals surface area contributed by atoms with Crippen molar-refractivity contribution in [1.29, 1.82) is 0 Å². The summed E-state index contributed by atoms with van der Waals surface area (Å²) >= 11 is 4.34. The lowest BCUT2D eigenvalue weighted by molar-refractivity contribution is -0.142. The fourth-order valence-corrected chi connectivity index (χ4v) is 3.99. The van der Waals surface area contributed by atoms with Gasteiger partial charge in [-0.15, -0.1) is 0 Å². The lowest BCUT2D eigenvalue weighted by Crippen LogP contribution is -2.54. The summed E-state index contributed by atoms with van der Waals surface area (Å²) in [5.41, 5.74) is 1.01. The van der Waals surface area contributed by atoms with E-state index < -0.39 is 23.8 Å². The Labute approximate surface area is 217 Å². The predicted molar refractivity (Wildman–Crippen MR) is 145 cm³/mol. The highest BCUT2D eigenvalue weighted by Gasteiger charge is 2.36. The summed E-state index contributed by atoms with van der Waals surface area (Å²) in [6.07, 6.45) is 4.94. The van der Waals surface area contributed by atoms with Crippen LogP contribution >= 0.6 is 12.6 Å². The molecule has 1 aromatic rings. The molecule has 2 atom stereocenters. The first-order valence-electron chi connectivity index (χ1n) is 12.8. The standard InChI is InChI=1S/C27H45N3O4S/c1-7-9-11-14-18-30(25(32)22(19-35)29-26(33)34-27(4,5)6)23(24(31)28-17-10-8-2)21-16-13-12-15-20(21)3/h12-13,15-16,22-23,35H,7-11,14,17-19H2,1-6H3,(H,28,31)(H,29,33). The number of aryl methyl sites for hydroxylation is 1. The average Bonchev–Trinajstić information content (AvgIpc) is 2.79. The van der Waals surface area contributed by atoms with Crippen LogP contribution in [0.5, 0.6) is 0 Å². The van der Waals surface area contributed by atoms with Crippen LogP contribution in [0.4, 0.5) is 4.79 Å². The number of amides is 3. The number of thiol groups is 1. The van der Waals surface area contributed by atoms with E-state index in [2.05, 4.69) is 37.1 Å². The number of rotatable bonds is 14. The van der Waals surface area contributed by atoms with Crippen molar-refractivity contribution in [1.82, 2.24) is 15.5 Å². The minimum absolute atomic E-state index is 0.0848. The molecule has 0 saturated heterocycles. The molecule has 0 saturated carbocycles. The SMILES string of the molecule is CCCCCCN(C(=O)C(CS)NC(=O)OC(C)(C)C)C(C(=O)NCCCC)c1ccccc1C. The number of carbonyl (C=O) groups excluding carboxylic acids is 3. The Morgan fingerprint density at radius 1 is 1.03 bits per heavy atom. The number of carbonyl (C=O) groups is 3. The van der Waals surface area contributed by atoms with Gasteiger partial charge in [0.1, 0.15) is 17.7 Å². The molecule has 0 aliphatic heterocycles. The Morgan fingerprint density at radius 3 is 2.26 bits per heavy atom. The van der Waals surface area contributed by atoms with E-state index in [0.717, 1.165) is 49.7 Å². The van der Waals surface area contributed by atoms with Gasteiger partial charge in [-0.1, -0.05) is 63.8 Å². The summed E-state index contributed by atoms with van der Waals surface area (Å²) in [6.45, 7) is 12.4. The Balaban J connectivity index is 3.34. The highest BCUT2D eigenvalue weighted by Crippen LogP contribution is 2.26. The van der Waals surface area contributed by atoms with Gasteiger partial charge in [0.25, 0.3) is 0 Å². The summed E-state index contributed by atoms with van der Waals surface area (Å²) in [6, 6.07) is 5.90. The molecular formula is C27H45N3O4S. The fourth-order valence-electron chi connectivity index (χ4n) is 3.74. The molecule has 0 aliphatic carbocycles. The number of benzene rings is 1. The summed E-state index contributed by atoms with van der Waals surface area (Å²) in [5.74, 6) is -0.477. The van der Waals surface area contributed by atoms with Gasteiger partial charge in [-0.25, -0.2) is 4.79 Å². The van der Waals surface area contributed by atoms with E-state index in [9.17, 15) is 14.4 Å². The number of unbranched alkanes of at least 4 members (excludes halogenated alkanes) is 4. The van der Waals surface area contributed by atoms with Gasteiger partial charge in [0.05, 0.1) is 0 Å². The van der Waals surface area contributed by atoms with Crippen molar-refractivity contribution >= 4 is 30.5 Å². The maximum atomic E-state index is 13.8. The third-order valence-electron chi connectivity index (χ3n) is 5.58. The number of alkyl carbamates (subject to hydrolysis) is 1. The van der Waals surface area contributed by atoms with Gasteiger partial charge in [-0.05, 0) is 51.7 Å². The zero-order valence-electron chi connectivity index (χ0n) is 22.4. The summed E-state index contributed by atoms with van der Waals surface area (Å²) in [4.78, 5) is 41.4. The molecule has 2 unspecified atom stereocenters. The first-order chi connectivity index (χ1) is 16.6. The molecule has 7 nitrogen and oxygen atoms in total. The molecule has 0 heterocycles. The minimum Gasteiger partial charge on any atom is -0.444 e. The fraction of sp³-hybridized carbons (Fsp3) is 0.667. The van der Waals surface area contributed by atoms with Crippen molar-refractivity contribution in [3.8, 4) is 0 Å². The molecule has 0 fully saturated rings. The number of hydrogen-bond acceptors (Lipinski definition) is 5. The van der Waals surface area contributed by atoms with E-state index in [1.165, 1.54) is 0 Å². The number of ether oxygens (including phenoxy) is 1. The van der Waals surface area contributed by atoms with Crippen LogP contribution in [0.2, 0.25) is 0 Å². The molecule has 1 rings (SSSR count). The molecule has 2 N–H and O–H groups in total. The van der Waals surface area contributed by atoms with Crippen molar-refractivity contribution < 1.29 is 19.1 Å². The first-order valence-corrected chi connectivity index (χ1v) is 13.4.